The van der Waals surface area contributed by atoms with Crippen LogP contribution in [0.5, 0.6) is 5.75 Å². The molecule has 0 aliphatic carbocycles. The van der Waals surface area contributed by atoms with Crippen molar-refractivity contribution < 1.29 is 9.53 Å². The summed E-state index contributed by atoms with van der Waals surface area (Å²) in [5.41, 5.74) is 2.73. The van der Waals surface area contributed by atoms with Crippen LogP contribution < -0.4 is 4.74 Å². The SMILES string of the molecule is CCC(=O)CCC(CC)c1ccc(OC)cc1CC. The third-order valence-electron chi connectivity index (χ3n) is 3.83. The van der Waals surface area contributed by atoms with Crippen molar-refractivity contribution in [3.63, 3.8) is 0 Å². The molecule has 1 rings (SSSR count). The minimum atomic E-state index is 0.366. The Morgan fingerprint density at radius 1 is 1.26 bits per heavy atom. The van der Waals surface area contributed by atoms with Gasteiger partial charge in [0, 0.05) is 12.8 Å². The molecule has 0 radical (unpaired) electrons. The summed E-state index contributed by atoms with van der Waals surface area (Å²) in [4.78, 5) is 11.5. The van der Waals surface area contributed by atoms with Crippen LogP contribution in [0.3, 0.4) is 0 Å². The summed E-state index contributed by atoms with van der Waals surface area (Å²) in [5, 5.41) is 0. The van der Waals surface area contributed by atoms with E-state index in [1.807, 2.05) is 13.0 Å². The number of benzene rings is 1. The van der Waals surface area contributed by atoms with Crippen molar-refractivity contribution >= 4 is 5.78 Å². The minimum absolute atomic E-state index is 0.366. The molecule has 0 aromatic heterocycles. The van der Waals surface area contributed by atoms with Crippen molar-refractivity contribution in [3.05, 3.63) is 29.3 Å². The summed E-state index contributed by atoms with van der Waals surface area (Å²) in [6.45, 7) is 6.31. The molecule has 0 amide bonds. The molecule has 1 atom stereocenters. The van der Waals surface area contributed by atoms with Gasteiger partial charge in [0.25, 0.3) is 0 Å². The number of carbonyl (C=O) groups is 1. The van der Waals surface area contributed by atoms with Crippen LogP contribution in [0.25, 0.3) is 0 Å². The van der Waals surface area contributed by atoms with Crippen molar-refractivity contribution in [2.45, 2.75) is 58.8 Å². The van der Waals surface area contributed by atoms with Gasteiger partial charge in [-0.1, -0.05) is 26.8 Å². The summed E-state index contributed by atoms with van der Waals surface area (Å²) in [6.07, 6.45) is 4.40. The van der Waals surface area contributed by atoms with Gasteiger partial charge in [0.2, 0.25) is 0 Å². The molecule has 0 bridgehead atoms. The fourth-order valence-corrected chi connectivity index (χ4v) is 2.51. The molecular weight excluding hydrogens is 236 g/mol. The molecule has 19 heavy (non-hydrogen) atoms. The number of hydrogen-bond acceptors (Lipinski definition) is 2. The van der Waals surface area contributed by atoms with Gasteiger partial charge in [-0.25, -0.2) is 0 Å². The fraction of sp³-hybridized carbons (Fsp3) is 0.588. The summed E-state index contributed by atoms with van der Waals surface area (Å²) in [5.74, 6) is 1.77. The molecule has 0 spiro atoms. The zero-order valence-electron chi connectivity index (χ0n) is 12.7. The lowest BCUT2D eigenvalue weighted by atomic mass is 9.87. The lowest BCUT2D eigenvalue weighted by Crippen LogP contribution is -2.05. The highest BCUT2D eigenvalue weighted by Crippen LogP contribution is 2.30. The predicted octanol–water partition coefficient (Wildman–Crippen LogP) is 4.51. The molecule has 0 fully saturated rings. The number of methoxy groups -OCH3 is 1. The zero-order valence-corrected chi connectivity index (χ0v) is 12.7. The Hall–Kier alpha value is -1.31. The van der Waals surface area contributed by atoms with Gasteiger partial charge in [-0.15, -0.1) is 0 Å². The standard InChI is InChI=1S/C17H26O2/c1-5-13(8-9-15(18)7-3)17-11-10-16(19-4)12-14(17)6-2/h10-13H,5-9H2,1-4H3. The van der Waals surface area contributed by atoms with E-state index in [0.29, 0.717) is 24.5 Å². The molecule has 1 aromatic carbocycles. The number of rotatable bonds is 8. The predicted molar refractivity (Wildman–Crippen MR) is 79.9 cm³/mol. The fourth-order valence-electron chi connectivity index (χ4n) is 2.51. The smallest absolute Gasteiger partial charge is 0.132 e. The molecule has 0 heterocycles. The minimum Gasteiger partial charge on any atom is -0.497 e. The van der Waals surface area contributed by atoms with Crippen LogP contribution in [-0.2, 0) is 11.2 Å². The third-order valence-corrected chi connectivity index (χ3v) is 3.83. The van der Waals surface area contributed by atoms with E-state index in [1.165, 1.54) is 11.1 Å². The molecule has 0 saturated carbocycles. The van der Waals surface area contributed by atoms with Crippen LogP contribution in [0, 0.1) is 0 Å². The molecule has 1 unspecified atom stereocenters. The number of ketones is 1. The van der Waals surface area contributed by atoms with E-state index in [0.717, 1.165) is 25.0 Å². The quantitative estimate of drug-likeness (QED) is 0.689. The van der Waals surface area contributed by atoms with Crippen LogP contribution in [0.15, 0.2) is 18.2 Å². The van der Waals surface area contributed by atoms with Crippen LogP contribution >= 0.6 is 0 Å². The average molecular weight is 262 g/mol. The molecule has 2 heteroatoms. The molecule has 106 valence electrons. The van der Waals surface area contributed by atoms with E-state index < -0.39 is 0 Å². The van der Waals surface area contributed by atoms with E-state index in [9.17, 15) is 4.79 Å². The van der Waals surface area contributed by atoms with Crippen LogP contribution in [-0.4, -0.2) is 12.9 Å². The Morgan fingerprint density at radius 3 is 2.53 bits per heavy atom. The maximum atomic E-state index is 11.5. The van der Waals surface area contributed by atoms with Crippen LogP contribution in [0.2, 0.25) is 0 Å². The zero-order chi connectivity index (χ0) is 14.3. The second-order valence-corrected chi connectivity index (χ2v) is 4.95. The first-order valence-electron chi connectivity index (χ1n) is 7.34. The van der Waals surface area contributed by atoms with Gasteiger partial charge >= 0.3 is 0 Å². The first-order valence-corrected chi connectivity index (χ1v) is 7.34. The van der Waals surface area contributed by atoms with Gasteiger partial charge in [0.1, 0.15) is 11.5 Å². The van der Waals surface area contributed by atoms with Crippen molar-refractivity contribution in [1.82, 2.24) is 0 Å². The summed E-state index contributed by atoms with van der Waals surface area (Å²) >= 11 is 0. The first-order chi connectivity index (χ1) is 9.15. The van der Waals surface area contributed by atoms with Gasteiger partial charge in [-0.3, -0.25) is 4.79 Å². The molecule has 2 nitrogen and oxygen atoms in total. The van der Waals surface area contributed by atoms with E-state index >= 15 is 0 Å². The highest BCUT2D eigenvalue weighted by Gasteiger charge is 2.15. The Morgan fingerprint density at radius 2 is 2.00 bits per heavy atom. The number of Topliss-reactive ketones (excluding diaryl/α,β-unsaturated/α-hetero) is 1. The Bertz CT molecular complexity index is 410. The van der Waals surface area contributed by atoms with Gasteiger partial charge in [-0.05, 0) is 48.4 Å². The van der Waals surface area contributed by atoms with Gasteiger partial charge in [0.15, 0.2) is 0 Å². The molecule has 0 aliphatic rings. The molecule has 1 aromatic rings. The highest BCUT2D eigenvalue weighted by molar-refractivity contribution is 5.78. The number of aryl methyl sites for hydroxylation is 1. The Kier molecular flexibility index (Phi) is 6.61. The van der Waals surface area contributed by atoms with E-state index in [4.69, 9.17) is 4.74 Å². The van der Waals surface area contributed by atoms with Crippen molar-refractivity contribution in [2.24, 2.45) is 0 Å². The van der Waals surface area contributed by atoms with Gasteiger partial charge < -0.3 is 4.74 Å². The second kappa shape index (κ2) is 7.98. The normalized spacial score (nSPS) is 12.2. The van der Waals surface area contributed by atoms with E-state index in [2.05, 4.69) is 26.0 Å². The van der Waals surface area contributed by atoms with E-state index in [-0.39, 0.29) is 0 Å². The molecule has 0 aliphatic heterocycles. The number of ether oxygens (including phenoxy) is 1. The maximum Gasteiger partial charge on any atom is 0.132 e. The average Bonchev–Trinajstić information content (AvgIpc) is 2.47. The van der Waals surface area contributed by atoms with Crippen molar-refractivity contribution in [3.8, 4) is 5.75 Å². The summed E-state index contributed by atoms with van der Waals surface area (Å²) in [7, 11) is 1.70. The van der Waals surface area contributed by atoms with Crippen LogP contribution in [0.1, 0.15) is 63.5 Å². The summed E-state index contributed by atoms with van der Waals surface area (Å²) in [6, 6.07) is 6.32. The van der Waals surface area contributed by atoms with Crippen LogP contribution in [0.4, 0.5) is 0 Å². The van der Waals surface area contributed by atoms with Gasteiger partial charge in [0.05, 0.1) is 7.11 Å². The maximum absolute atomic E-state index is 11.5. The second-order valence-electron chi connectivity index (χ2n) is 4.95. The van der Waals surface area contributed by atoms with Crippen molar-refractivity contribution in [1.29, 1.82) is 0 Å². The lowest BCUT2D eigenvalue weighted by molar-refractivity contribution is -0.118. The lowest BCUT2D eigenvalue weighted by Gasteiger charge is -2.19. The molecule has 0 saturated heterocycles. The Balaban J connectivity index is 2.88. The Labute approximate surface area is 117 Å². The number of carbonyl (C=O) groups excluding carboxylic acids is 1. The molecule has 0 N–H and O–H groups in total. The largest absolute Gasteiger partial charge is 0.497 e. The third kappa shape index (κ3) is 4.38. The summed E-state index contributed by atoms with van der Waals surface area (Å²) < 4.78 is 5.29. The first kappa shape index (κ1) is 15.7. The highest BCUT2D eigenvalue weighted by atomic mass is 16.5. The van der Waals surface area contributed by atoms with Gasteiger partial charge in [-0.2, -0.15) is 0 Å². The number of hydrogen-bond donors (Lipinski definition) is 0. The monoisotopic (exact) mass is 262 g/mol. The van der Waals surface area contributed by atoms with Crippen molar-refractivity contribution in [2.75, 3.05) is 7.11 Å². The van der Waals surface area contributed by atoms with E-state index in [1.54, 1.807) is 7.11 Å². The topological polar surface area (TPSA) is 26.3 Å². The molecular formula is C17H26O2.